The summed E-state index contributed by atoms with van der Waals surface area (Å²) in [4.78, 5) is 10.4. The molecule has 0 aliphatic carbocycles. The molecule has 3 aromatic rings. The van der Waals surface area contributed by atoms with Crippen molar-refractivity contribution < 1.29 is 9.31 Å². The Balaban J connectivity index is 1.79. The van der Waals surface area contributed by atoms with E-state index in [1.165, 1.54) is 30.0 Å². The molecular weight excluding hydrogens is 331 g/mol. The van der Waals surface area contributed by atoms with E-state index in [0.29, 0.717) is 22.3 Å². The maximum Gasteiger partial charge on any atom is 0.269 e. The molecule has 1 aromatic heterocycles. The number of halogens is 1. The second kappa shape index (κ2) is 6.79. The molecule has 0 N–H and O–H groups in total. The van der Waals surface area contributed by atoms with Crippen molar-refractivity contribution in [3.63, 3.8) is 0 Å². The molecule has 0 spiro atoms. The molecule has 0 saturated heterocycles. The summed E-state index contributed by atoms with van der Waals surface area (Å²) >= 11 is 1.39. The number of nitro benzene ring substituents is 1. The number of rotatable bonds is 5. The highest BCUT2D eigenvalue weighted by Crippen LogP contribution is 2.27. The van der Waals surface area contributed by atoms with E-state index in [1.54, 1.807) is 35.9 Å². The van der Waals surface area contributed by atoms with Crippen LogP contribution in [0.3, 0.4) is 0 Å². The van der Waals surface area contributed by atoms with Crippen LogP contribution in [0.15, 0.2) is 53.7 Å². The van der Waals surface area contributed by atoms with Gasteiger partial charge in [0.25, 0.3) is 5.69 Å². The summed E-state index contributed by atoms with van der Waals surface area (Å²) in [5.41, 5.74) is 1.25. The van der Waals surface area contributed by atoms with Crippen molar-refractivity contribution in [3.05, 3.63) is 70.0 Å². The van der Waals surface area contributed by atoms with Crippen molar-refractivity contribution in [1.29, 1.82) is 0 Å². The Bertz CT molecular complexity index is 897. The summed E-state index contributed by atoms with van der Waals surface area (Å²) in [6, 6.07) is 12.8. The van der Waals surface area contributed by atoms with E-state index in [-0.39, 0.29) is 11.5 Å². The highest BCUT2D eigenvalue weighted by Gasteiger charge is 2.14. The van der Waals surface area contributed by atoms with Gasteiger partial charge in [-0.1, -0.05) is 36.0 Å². The van der Waals surface area contributed by atoms with Gasteiger partial charge < -0.3 is 4.57 Å². The molecule has 0 unspecified atom stereocenters. The van der Waals surface area contributed by atoms with Crippen molar-refractivity contribution >= 4 is 17.4 Å². The Morgan fingerprint density at radius 3 is 2.75 bits per heavy atom. The number of thioether (sulfide) groups is 1. The van der Waals surface area contributed by atoms with Gasteiger partial charge in [0.1, 0.15) is 5.82 Å². The van der Waals surface area contributed by atoms with Gasteiger partial charge in [-0.05, 0) is 17.7 Å². The van der Waals surface area contributed by atoms with Gasteiger partial charge >= 0.3 is 0 Å². The van der Waals surface area contributed by atoms with Gasteiger partial charge in [-0.25, -0.2) is 4.39 Å². The number of hydrogen-bond acceptors (Lipinski definition) is 5. The van der Waals surface area contributed by atoms with Crippen LogP contribution < -0.4 is 0 Å². The third-order valence-electron chi connectivity index (χ3n) is 3.44. The van der Waals surface area contributed by atoms with Gasteiger partial charge in [0, 0.05) is 24.9 Å². The predicted octanol–water partition coefficient (Wildman–Crippen LogP) is 3.82. The molecule has 0 aliphatic rings. The van der Waals surface area contributed by atoms with Crippen LogP contribution in [0.5, 0.6) is 0 Å². The molecule has 6 nitrogen and oxygen atoms in total. The fourth-order valence-corrected chi connectivity index (χ4v) is 3.08. The first-order valence-electron chi connectivity index (χ1n) is 7.06. The molecule has 3 rings (SSSR count). The summed E-state index contributed by atoms with van der Waals surface area (Å²) < 4.78 is 15.6. The monoisotopic (exact) mass is 344 g/mol. The maximum atomic E-state index is 13.9. The van der Waals surface area contributed by atoms with Crippen LogP contribution in [0.25, 0.3) is 11.4 Å². The minimum absolute atomic E-state index is 0.0538. The number of nitrogens with zero attached hydrogens (tertiary/aromatic N) is 4. The Morgan fingerprint density at radius 2 is 2.00 bits per heavy atom. The smallest absolute Gasteiger partial charge is 0.269 e. The first kappa shape index (κ1) is 16.1. The van der Waals surface area contributed by atoms with Crippen molar-refractivity contribution in [2.45, 2.75) is 10.9 Å². The number of benzene rings is 2. The Morgan fingerprint density at radius 1 is 1.21 bits per heavy atom. The molecule has 0 fully saturated rings. The zero-order valence-electron chi connectivity index (χ0n) is 12.7. The molecule has 24 heavy (non-hydrogen) atoms. The average Bonchev–Trinajstić information content (AvgIpc) is 2.94. The van der Waals surface area contributed by atoms with Crippen LogP contribution in [-0.4, -0.2) is 19.7 Å². The van der Waals surface area contributed by atoms with Crippen molar-refractivity contribution in [1.82, 2.24) is 14.8 Å². The lowest BCUT2D eigenvalue weighted by Crippen LogP contribution is -1.97. The van der Waals surface area contributed by atoms with Crippen LogP contribution in [0.2, 0.25) is 0 Å². The van der Waals surface area contributed by atoms with Gasteiger partial charge in [0.2, 0.25) is 0 Å². The van der Waals surface area contributed by atoms with Gasteiger partial charge in [0.05, 0.1) is 10.5 Å². The molecule has 122 valence electrons. The number of non-ortho nitro benzene ring substituents is 1. The Hall–Kier alpha value is -2.74. The predicted molar refractivity (Wildman–Crippen MR) is 89.1 cm³/mol. The quantitative estimate of drug-likeness (QED) is 0.400. The second-order valence-corrected chi connectivity index (χ2v) is 6.00. The highest BCUT2D eigenvalue weighted by molar-refractivity contribution is 7.98. The minimum atomic E-state index is -0.424. The minimum Gasteiger partial charge on any atom is -0.305 e. The fraction of sp³-hybridized carbons (Fsp3) is 0.125. The first-order chi connectivity index (χ1) is 11.6. The molecule has 0 aliphatic heterocycles. The van der Waals surface area contributed by atoms with E-state index in [0.717, 1.165) is 5.56 Å². The van der Waals surface area contributed by atoms with E-state index >= 15 is 0 Å². The van der Waals surface area contributed by atoms with Crippen LogP contribution >= 0.6 is 11.8 Å². The first-order valence-corrected chi connectivity index (χ1v) is 8.05. The van der Waals surface area contributed by atoms with Gasteiger partial charge in [-0.3, -0.25) is 10.1 Å². The topological polar surface area (TPSA) is 73.8 Å². The van der Waals surface area contributed by atoms with Crippen molar-refractivity contribution in [2.75, 3.05) is 0 Å². The molecule has 8 heteroatoms. The molecule has 0 atom stereocenters. The summed E-state index contributed by atoms with van der Waals surface area (Å²) in [5, 5.41) is 19.6. The molecule has 1 heterocycles. The van der Waals surface area contributed by atoms with E-state index in [1.807, 2.05) is 6.07 Å². The fourth-order valence-electron chi connectivity index (χ4n) is 2.23. The second-order valence-electron chi connectivity index (χ2n) is 5.06. The van der Waals surface area contributed by atoms with Gasteiger partial charge in [-0.15, -0.1) is 10.2 Å². The third-order valence-corrected chi connectivity index (χ3v) is 4.53. The van der Waals surface area contributed by atoms with Crippen LogP contribution in [0.1, 0.15) is 5.56 Å². The number of hydrogen-bond donors (Lipinski definition) is 0. The lowest BCUT2D eigenvalue weighted by Gasteiger charge is -2.05. The summed E-state index contributed by atoms with van der Waals surface area (Å²) in [6.45, 7) is 0. The standard InChI is InChI=1S/C16H13FN4O2S/c1-20-15(13-7-2-3-8-14(13)17)18-19-16(20)24-10-11-5-4-6-12(9-11)21(22)23/h2-9H,10H2,1H3. The molecule has 0 saturated carbocycles. The van der Waals surface area contributed by atoms with Gasteiger partial charge in [0.15, 0.2) is 11.0 Å². The average molecular weight is 344 g/mol. The number of aromatic nitrogens is 3. The molecule has 2 aromatic carbocycles. The molecule has 0 amide bonds. The van der Waals surface area contributed by atoms with Crippen molar-refractivity contribution in [2.24, 2.45) is 7.05 Å². The number of nitro groups is 1. The Kier molecular flexibility index (Phi) is 4.57. The molecule has 0 radical (unpaired) electrons. The van der Waals surface area contributed by atoms with E-state index in [4.69, 9.17) is 0 Å². The lowest BCUT2D eigenvalue weighted by atomic mass is 10.2. The van der Waals surface area contributed by atoms with E-state index in [2.05, 4.69) is 10.2 Å². The van der Waals surface area contributed by atoms with Gasteiger partial charge in [-0.2, -0.15) is 0 Å². The summed E-state index contributed by atoms with van der Waals surface area (Å²) in [6.07, 6.45) is 0. The van der Waals surface area contributed by atoms with Crippen LogP contribution in [0.4, 0.5) is 10.1 Å². The van der Waals surface area contributed by atoms with Crippen LogP contribution in [-0.2, 0) is 12.8 Å². The largest absolute Gasteiger partial charge is 0.305 e. The zero-order valence-corrected chi connectivity index (χ0v) is 13.5. The summed E-state index contributed by atoms with van der Waals surface area (Å²) in [5.74, 6) is 0.586. The summed E-state index contributed by atoms with van der Waals surface area (Å²) in [7, 11) is 1.76. The molecular formula is C16H13FN4O2S. The normalized spacial score (nSPS) is 10.8. The van der Waals surface area contributed by atoms with E-state index in [9.17, 15) is 14.5 Å². The third kappa shape index (κ3) is 3.28. The van der Waals surface area contributed by atoms with Crippen molar-refractivity contribution in [3.8, 4) is 11.4 Å². The van der Waals surface area contributed by atoms with E-state index < -0.39 is 4.92 Å². The lowest BCUT2D eigenvalue weighted by molar-refractivity contribution is -0.384. The molecule has 0 bridgehead atoms. The zero-order chi connectivity index (χ0) is 17.1. The Labute approximate surface area is 141 Å². The van der Waals surface area contributed by atoms with Crippen LogP contribution in [0, 0.1) is 15.9 Å². The highest BCUT2D eigenvalue weighted by atomic mass is 32.2. The maximum absolute atomic E-state index is 13.9. The SMILES string of the molecule is Cn1c(SCc2cccc([N+](=O)[O-])c2)nnc1-c1ccccc1F.